The van der Waals surface area contributed by atoms with E-state index in [9.17, 15) is 14.9 Å². The van der Waals surface area contributed by atoms with Gasteiger partial charge in [-0.25, -0.2) is 9.79 Å². The second-order valence-corrected chi connectivity index (χ2v) is 5.97. The van der Waals surface area contributed by atoms with Crippen molar-refractivity contribution in [3.05, 3.63) is 73.4 Å². The Morgan fingerprint density at radius 1 is 1.19 bits per heavy atom. The van der Waals surface area contributed by atoms with Crippen LogP contribution in [-0.4, -0.2) is 23.9 Å². The summed E-state index contributed by atoms with van der Waals surface area (Å²) >= 11 is 11.8. The van der Waals surface area contributed by atoms with Gasteiger partial charge in [0.05, 0.1) is 22.1 Å². The van der Waals surface area contributed by atoms with E-state index in [2.05, 4.69) is 4.99 Å². The molecule has 0 N–H and O–H groups in total. The number of hydrogen-bond donors (Lipinski definition) is 0. The smallest absolute Gasteiger partial charge is 0.363 e. The highest BCUT2D eigenvalue weighted by Gasteiger charge is 2.25. The van der Waals surface area contributed by atoms with Crippen LogP contribution >= 0.6 is 23.2 Å². The molecule has 0 saturated heterocycles. The summed E-state index contributed by atoms with van der Waals surface area (Å²) in [6.07, 6.45) is 1.39. The number of carbonyl (C=O) groups excluding carboxylic acids is 1. The largest absolute Gasteiger partial charge is 0.490 e. The molecule has 26 heavy (non-hydrogen) atoms. The maximum Gasteiger partial charge on any atom is 0.363 e. The number of nitro benzene ring substituents is 1. The Kier molecular flexibility index (Phi) is 4.92. The number of nitrogens with zero attached hydrogens (tertiary/aromatic N) is 2. The van der Waals surface area contributed by atoms with Gasteiger partial charge < -0.3 is 9.47 Å². The highest BCUT2D eigenvalue weighted by Crippen LogP contribution is 2.30. The summed E-state index contributed by atoms with van der Waals surface area (Å²) in [6.45, 7) is 0. The van der Waals surface area contributed by atoms with E-state index in [0.717, 1.165) is 0 Å². The second kappa shape index (κ2) is 7.15. The highest BCUT2D eigenvalue weighted by molar-refractivity contribution is 6.42. The summed E-state index contributed by atoms with van der Waals surface area (Å²) in [6, 6.07) is 8.99. The fourth-order valence-electron chi connectivity index (χ4n) is 2.26. The van der Waals surface area contributed by atoms with Gasteiger partial charge in [-0.1, -0.05) is 29.3 Å². The lowest BCUT2D eigenvalue weighted by Crippen LogP contribution is -2.05. The minimum absolute atomic E-state index is 0.00513. The zero-order valence-corrected chi connectivity index (χ0v) is 14.7. The Hall–Kier alpha value is -2.90. The quantitative estimate of drug-likeness (QED) is 0.335. The van der Waals surface area contributed by atoms with Crippen molar-refractivity contribution in [2.75, 3.05) is 7.11 Å². The zero-order valence-electron chi connectivity index (χ0n) is 13.2. The molecule has 1 heterocycles. The molecule has 2 aromatic carbocycles. The third-order valence-electron chi connectivity index (χ3n) is 3.49. The number of halogens is 2. The van der Waals surface area contributed by atoms with Crippen LogP contribution < -0.4 is 4.74 Å². The van der Waals surface area contributed by atoms with Crippen LogP contribution in [0.2, 0.25) is 10.0 Å². The maximum absolute atomic E-state index is 12.0. The van der Waals surface area contributed by atoms with E-state index in [0.29, 0.717) is 21.2 Å². The Balaban J connectivity index is 1.97. The Labute approximate surface area is 157 Å². The molecular formula is C17H10Cl2N2O5. The first-order valence-corrected chi connectivity index (χ1v) is 7.95. The molecule has 1 aliphatic rings. The van der Waals surface area contributed by atoms with Crippen LogP contribution in [0.3, 0.4) is 0 Å². The van der Waals surface area contributed by atoms with Crippen LogP contribution in [0, 0.1) is 10.1 Å². The normalized spacial score (nSPS) is 15.0. The molecule has 0 atom stereocenters. The van der Waals surface area contributed by atoms with Gasteiger partial charge in [0.25, 0.3) is 0 Å². The van der Waals surface area contributed by atoms with Crippen LogP contribution in [0.4, 0.5) is 5.69 Å². The summed E-state index contributed by atoms with van der Waals surface area (Å²) in [5.74, 6) is -0.487. The van der Waals surface area contributed by atoms with Crippen molar-refractivity contribution in [2.24, 2.45) is 4.99 Å². The van der Waals surface area contributed by atoms with Crippen LogP contribution in [0.1, 0.15) is 11.1 Å². The fourth-order valence-corrected chi connectivity index (χ4v) is 2.56. The number of ether oxygens (including phenoxy) is 2. The summed E-state index contributed by atoms with van der Waals surface area (Å²) in [5.41, 5.74) is 0.674. The molecule has 0 radical (unpaired) electrons. The van der Waals surface area contributed by atoms with Gasteiger partial charge in [0.1, 0.15) is 0 Å². The van der Waals surface area contributed by atoms with Crippen molar-refractivity contribution in [3.63, 3.8) is 0 Å². The fraction of sp³-hybridized carbons (Fsp3) is 0.0588. The summed E-state index contributed by atoms with van der Waals surface area (Å²) in [7, 11) is 1.34. The first-order valence-electron chi connectivity index (χ1n) is 7.19. The topological polar surface area (TPSA) is 91.0 Å². The van der Waals surface area contributed by atoms with E-state index < -0.39 is 10.9 Å². The second-order valence-electron chi connectivity index (χ2n) is 5.15. The van der Waals surface area contributed by atoms with E-state index in [4.69, 9.17) is 32.7 Å². The molecule has 0 amide bonds. The highest BCUT2D eigenvalue weighted by atomic mass is 35.5. The van der Waals surface area contributed by atoms with E-state index in [1.807, 2.05) is 0 Å². The van der Waals surface area contributed by atoms with Gasteiger partial charge in [-0.2, -0.15) is 0 Å². The first kappa shape index (κ1) is 17.9. The summed E-state index contributed by atoms with van der Waals surface area (Å²) in [5, 5.41) is 11.8. The summed E-state index contributed by atoms with van der Waals surface area (Å²) in [4.78, 5) is 26.7. The molecule has 0 spiro atoms. The standard InChI is InChI=1S/C17H10Cl2N2O5/c1-25-15-5-2-9(7-14(15)21(23)24)6-13-17(22)26-16(20-13)10-3-4-11(18)12(19)8-10/h2-8H,1H3/b13-6-. The molecule has 9 heteroatoms. The molecule has 132 valence electrons. The predicted octanol–water partition coefficient (Wildman–Crippen LogP) is 4.25. The van der Waals surface area contributed by atoms with E-state index in [1.54, 1.807) is 18.2 Å². The van der Waals surface area contributed by atoms with Crippen LogP contribution in [0.15, 0.2) is 47.1 Å². The third-order valence-corrected chi connectivity index (χ3v) is 4.23. The van der Waals surface area contributed by atoms with Crippen molar-refractivity contribution in [1.29, 1.82) is 0 Å². The Morgan fingerprint density at radius 2 is 1.96 bits per heavy atom. The van der Waals surface area contributed by atoms with Gasteiger partial charge in [-0.3, -0.25) is 10.1 Å². The van der Waals surface area contributed by atoms with Crippen molar-refractivity contribution < 1.29 is 19.2 Å². The van der Waals surface area contributed by atoms with Crippen LogP contribution in [0.25, 0.3) is 6.08 Å². The molecule has 0 bridgehead atoms. The van der Waals surface area contributed by atoms with Gasteiger partial charge in [0.15, 0.2) is 11.4 Å². The lowest BCUT2D eigenvalue weighted by atomic mass is 10.1. The van der Waals surface area contributed by atoms with Crippen LogP contribution in [0.5, 0.6) is 5.75 Å². The molecule has 7 nitrogen and oxygen atoms in total. The number of cyclic esters (lactones) is 1. The molecular weight excluding hydrogens is 383 g/mol. The number of esters is 1. The first-order chi connectivity index (χ1) is 12.4. The van der Waals surface area contributed by atoms with Crippen LogP contribution in [-0.2, 0) is 9.53 Å². The predicted molar refractivity (Wildman–Crippen MR) is 96.7 cm³/mol. The minimum Gasteiger partial charge on any atom is -0.490 e. The zero-order chi connectivity index (χ0) is 18.8. The van der Waals surface area contributed by atoms with Gasteiger partial charge in [-0.05, 0) is 35.9 Å². The lowest BCUT2D eigenvalue weighted by molar-refractivity contribution is -0.385. The molecule has 0 saturated carbocycles. The van der Waals surface area contributed by atoms with Crippen molar-refractivity contribution >= 4 is 46.8 Å². The molecule has 0 fully saturated rings. The number of carbonyl (C=O) groups is 1. The molecule has 2 aromatic rings. The molecule has 0 unspecified atom stereocenters. The average molecular weight is 393 g/mol. The average Bonchev–Trinajstić information content (AvgIpc) is 2.98. The van der Waals surface area contributed by atoms with Gasteiger partial charge in [0.2, 0.25) is 5.90 Å². The number of benzene rings is 2. The monoisotopic (exact) mass is 392 g/mol. The molecule has 0 aromatic heterocycles. The Bertz CT molecular complexity index is 985. The van der Waals surface area contributed by atoms with Gasteiger partial charge >= 0.3 is 11.7 Å². The maximum atomic E-state index is 12.0. The van der Waals surface area contributed by atoms with E-state index >= 15 is 0 Å². The molecule has 0 aliphatic carbocycles. The number of rotatable bonds is 4. The number of aliphatic imine (C=N–C) groups is 1. The van der Waals surface area contributed by atoms with Gasteiger partial charge in [-0.15, -0.1) is 0 Å². The van der Waals surface area contributed by atoms with Gasteiger partial charge in [0, 0.05) is 11.6 Å². The van der Waals surface area contributed by atoms with E-state index in [-0.39, 0.29) is 23.0 Å². The molecule has 1 aliphatic heterocycles. The number of nitro groups is 1. The SMILES string of the molecule is COc1ccc(/C=C2\N=C(c3ccc(Cl)c(Cl)c3)OC2=O)cc1[N+](=O)[O-]. The number of methoxy groups -OCH3 is 1. The van der Waals surface area contributed by atoms with E-state index in [1.165, 1.54) is 31.4 Å². The van der Waals surface area contributed by atoms with Crippen molar-refractivity contribution in [2.45, 2.75) is 0 Å². The van der Waals surface area contributed by atoms with Crippen molar-refractivity contribution in [3.8, 4) is 5.75 Å². The van der Waals surface area contributed by atoms with Crippen molar-refractivity contribution in [1.82, 2.24) is 0 Å². The molecule has 3 rings (SSSR count). The lowest BCUT2D eigenvalue weighted by Gasteiger charge is -2.02. The minimum atomic E-state index is -0.676. The number of hydrogen-bond acceptors (Lipinski definition) is 6. The third kappa shape index (κ3) is 3.54. The Morgan fingerprint density at radius 3 is 2.62 bits per heavy atom. The summed E-state index contributed by atoms with van der Waals surface area (Å²) < 4.78 is 10.1.